The maximum Gasteiger partial charge on any atom is 0.251 e. The van der Waals surface area contributed by atoms with E-state index >= 15 is 0 Å². The number of likely N-dealkylation sites (N-methyl/N-ethyl adjacent to an activating group) is 1. The second kappa shape index (κ2) is 8.42. The van der Waals surface area contributed by atoms with Crippen LogP contribution in [0.3, 0.4) is 0 Å². The highest BCUT2D eigenvalue weighted by molar-refractivity contribution is 9.08. The van der Waals surface area contributed by atoms with Gasteiger partial charge in [0.25, 0.3) is 5.91 Å². The van der Waals surface area contributed by atoms with Gasteiger partial charge >= 0.3 is 0 Å². The molecule has 1 aromatic rings. The van der Waals surface area contributed by atoms with Gasteiger partial charge in [0.05, 0.1) is 0 Å². The average Bonchev–Trinajstić information content (AvgIpc) is 2.37. The largest absolute Gasteiger partial charge is 0.348 e. The summed E-state index contributed by atoms with van der Waals surface area (Å²) in [5.41, 5.74) is 1.90. The van der Waals surface area contributed by atoms with E-state index in [1.165, 1.54) is 5.56 Å². The molecule has 0 saturated carbocycles. The molecule has 1 atom stereocenters. The summed E-state index contributed by atoms with van der Waals surface area (Å²) in [5, 5.41) is 3.95. The molecule has 1 aromatic carbocycles. The van der Waals surface area contributed by atoms with E-state index in [1.807, 2.05) is 38.4 Å². The Morgan fingerprint density at radius 3 is 2.30 bits per heavy atom. The molecule has 1 amide bonds. The quantitative estimate of drug-likeness (QED) is 0.772. The molecule has 20 heavy (non-hydrogen) atoms. The van der Waals surface area contributed by atoms with Gasteiger partial charge in [0.2, 0.25) is 0 Å². The zero-order valence-corrected chi connectivity index (χ0v) is 14.4. The average molecular weight is 341 g/mol. The smallest absolute Gasteiger partial charge is 0.251 e. The summed E-state index contributed by atoms with van der Waals surface area (Å²) in [6, 6.07) is 7.91. The zero-order valence-electron chi connectivity index (χ0n) is 12.8. The molecule has 0 aromatic heterocycles. The van der Waals surface area contributed by atoms with Crippen LogP contribution < -0.4 is 5.32 Å². The third-order valence-electron chi connectivity index (χ3n) is 3.05. The Kier molecular flexibility index (Phi) is 7.24. The van der Waals surface area contributed by atoms with Gasteiger partial charge in [-0.15, -0.1) is 0 Å². The fourth-order valence-electron chi connectivity index (χ4n) is 2.20. The second-order valence-electron chi connectivity index (χ2n) is 5.89. The molecule has 1 N–H and O–H groups in total. The Labute approximate surface area is 130 Å². The predicted molar refractivity (Wildman–Crippen MR) is 88.3 cm³/mol. The summed E-state index contributed by atoms with van der Waals surface area (Å²) >= 11 is 3.41. The normalized spacial score (nSPS) is 12.8. The maximum absolute atomic E-state index is 12.3. The molecular weight excluding hydrogens is 316 g/mol. The molecular formula is C16H25BrN2O. The van der Waals surface area contributed by atoms with Crippen molar-refractivity contribution in [2.24, 2.45) is 5.92 Å². The lowest BCUT2D eigenvalue weighted by Crippen LogP contribution is -2.42. The first-order valence-electron chi connectivity index (χ1n) is 7.03. The summed E-state index contributed by atoms with van der Waals surface area (Å²) in [7, 11) is 4.06. The van der Waals surface area contributed by atoms with Crippen LogP contribution in [-0.4, -0.2) is 37.5 Å². The molecule has 4 heteroatoms. The number of halogens is 1. The number of hydrogen-bond donors (Lipinski definition) is 1. The van der Waals surface area contributed by atoms with Crippen LogP contribution in [0.2, 0.25) is 0 Å². The molecule has 0 bridgehead atoms. The van der Waals surface area contributed by atoms with Gasteiger partial charge < -0.3 is 10.2 Å². The monoisotopic (exact) mass is 340 g/mol. The van der Waals surface area contributed by atoms with Crippen molar-refractivity contribution in [1.29, 1.82) is 0 Å². The Hall–Kier alpha value is -0.870. The van der Waals surface area contributed by atoms with Crippen molar-refractivity contribution < 1.29 is 4.79 Å². The Balaban J connectivity index is 2.68. The van der Waals surface area contributed by atoms with E-state index in [1.54, 1.807) is 0 Å². The highest BCUT2D eigenvalue weighted by Gasteiger charge is 2.16. The minimum absolute atomic E-state index is 0.0126. The Morgan fingerprint density at radius 2 is 1.85 bits per heavy atom. The molecule has 0 heterocycles. The number of amides is 1. The third kappa shape index (κ3) is 6.06. The van der Waals surface area contributed by atoms with Gasteiger partial charge in [-0.2, -0.15) is 0 Å². The van der Waals surface area contributed by atoms with Gasteiger partial charge in [-0.05, 0) is 44.1 Å². The van der Waals surface area contributed by atoms with Crippen molar-refractivity contribution in [2.75, 3.05) is 20.6 Å². The highest BCUT2D eigenvalue weighted by atomic mass is 79.9. The predicted octanol–water partition coefficient (Wildman–Crippen LogP) is 3.29. The number of alkyl halides is 1. The number of nitrogens with zero attached hydrogens (tertiary/aromatic N) is 1. The van der Waals surface area contributed by atoms with E-state index in [0.29, 0.717) is 5.92 Å². The van der Waals surface area contributed by atoms with Crippen LogP contribution in [0.25, 0.3) is 0 Å². The van der Waals surface area contributed by atoms with Crippen molar-refractivity contribution in [3.05, 3.63) is 35.4 Å². The van der Waals surface area contributed by atoms with Crippen molar-refractivity contribution in [1.82, 2.24) is 10.2 Å². The Morgan fingerprint density at radius 1 is 1.25 bits per heavy atom. The van der Waals surface area contributed by atoms with Crippen LogP contribution in [0.4, 0.5) is 0 Å². The van der Waals surface area contributed by atoms with Crippen LogP contribution in [0.15, 0.2) is 24.3 Å². The van der Waals surface area contributed by atoms with E-state index in [9.17, 15) is 4.79 Å². The summed E-state index contributed by atoms with van der Waals surface area (Å²) in [6.45, 7) is 5.22. The number of hydrogen-bond acceptors (Lipinski definition) is 2. The van der Waals surface area contributed by atoms with Crippen LogP contribution in [0, 0.1) is 5.92 Å². The summed E-state index contributed by atoms with van der Waals surface area (Å²) in [4.78, 5) is 14.4. The van der Waals surface area contributed by atoms with Crippen molar-refractivity contribution in [3.8, 4) is 0 Å². The van der Waals surface area contributed by atoms with E-state index < -0.39 is 0 Å². The van der Waals surface area contributed by atoms with E-state index in [4.69, 9.17) is 0 Å². The van der Waals surface area contributed by atoms with Crippen LogP contribution >= 0.6 is 15.9 Å². The second-order valence-corrected chi connectivity index (χ2v) is 6.45. The topological polar surface area (TPSA) is 32.3 Å². The first-order chi connectivity index (χ1) is 9.42. The minimum atomic E-state index is 0.0126. The first kappa shape index (κ1) is 17.2. The van der Waals surface area contributed by atoms with Crippen molar-refractivity contribution >= 4 is 21.8 Å². The standard InChI is InChI=1S/C16H25BrN2O/c1-12(2)9-15(11-19(3)4)18-16(20)14-7-5-13(10-17)6-8-14/h5-8,12,15H,9-11H2,1-4H3,(H,18,20). The van der Waals surface area contributed by atoms with Gasteiger partial charge in [0.1, 0.15) is 0 Å². The van der Waals surface area contributed by atoms with Crippen LogP contribution in [-0.2, 0) is 5.33 Å². The van der Waals surface area contributed by atoms with E-state index in [-0.39, 0.29) is 11.9 Å². The number of carbonyl (C=O) groups is 1. The molecule has 1 rings (SSSR count). The zero-order chi connectivity index (χ0) is 15.1. The Bertz CT molecular complexity index is 405. The van der Waals surface area contributed by atoms with Gasteiger partial charge in [0.15, 0.2) is 0 Å². The SMILES string of the molecule is CC(C)CC(CN(C)C)NC(=O)c1ccc(CBr)cc1. The molecule has 0 aliphatic rings. The molecule has 3 nitrogen and oxygen atoms in total. The van der Waals surface area contributed by atoms with Gasteiger partial charge in [-0.1, -0.05) is 41.9 Å². The minimum Gasteiger partial charge on any atom is -0.348 e. The number of nitrogens with one attached hydrogen (secondary N) is 1. The molecule has 0 spiro atoms. The maximum atomic E-state index is 12.3. The fraction of sp³-hybridized carbons (Fsp3) is 0.562. The summed E-state index contributed by atoms with van der Waals surface area (Å²) in [5.74, 6) is 0.578. The van der Waals surface area contributed by atoms with Crippen molar-refractivity contribution in [3.63, 3.8) is 0 Å². The molecule has 0 radical (unpaired) electrons. The van der Waals surface area contributed by atoms with Crippen molar-refractivity contribution in [2.45, 2.75) is 31.6 Å². The number of carbonyl (C=O) groups excluding carboxylic acids is 1. The summed E-state index contributed by atoms with van der Waals surface area (Å²) in [6.07, 6.45) is 0.989. The lowest BCUT2D eigenvalue weighted by molar-refractivity contribution is 0.0924. The number of benzene rings is 1. The summed E-state index contributed by atoms with van der Waals surface area (Å²) < 4.78 is 0. The third-order valence-corrected chi connectivity index (χ3v) is 3.69. The molecule has 0 saturated heterocycles. The highest BCUT2D eigenvalue weighted by Crippen LogP contribution is 2.10. The van der Waals surface area contributed by atoms with Crippen LogP contribution in [0.5, 0.6) is 0 Å². The van der Waals surface area contributed by atoms with Gasteiger partial charge in [-0.3, -0.25) is 4.79 Å². The van der Waals surface area contributed by atoms with E-state index in [2.05, 4.69) is 40.0 Å². The molecule has 1 unspecified atom stereocenters. The fourth-order valence-corrected chi connectivity index (χ4v) is 2.58. The van der Waals surface area contributed by atoms with Gasteiger partial charge in [-0.25, -0.2) is 0 Å². The van der Waals surface area contributed by atoms with Crippen LogP contribution in [0.1, 0.15) is 36.2 Å². The lowest BCUT2D eigenvalue weighted by Gasteiger charge is -2.24. The van der Waals surface area contributed by atoms with E-state index in [0.717, 1.165) is 23.9 Å². The molecule has 112 valence electrons. The molecule has 0 aliphatic heterocycles. The lowest BCUT2D eigenvalue weighted by atomic mass is 10.0. The molecule has 0 fully saturated rings. The molecule has 0 aliphatic carbocycles. The van der Waals surface area contributed by atoms with Gasteiger partial charge in [0, 0.05) is 23.5 Å². The first-order valence-corrected chi connectivity index (χ1v) is 8.15. The number of rotatable bonds is 7.